The Morgan fingerprint density at radius 1 is 1.04 bits per heavy atom. The molecule has 4 rings (SSSR count). The molecule has 0 spiro atoms. The number of aromatic amines is 1. The number of nitrogens with zero attached hydrogens (tertiary/aromatic N) is 2. The summed E-state index contributed by atoms with van der Waals surface area (Å²) in [5, 5.41) is 3.98. The molecule has 0 fully saturated rings. The van der Waals surface area contributed by atoms with Gasteiger partial charge in [-0.2, -0.15) is 0 Å². The summed E-state index contributed by atoms with van der Waals surface area (Å²) >= 11 is 0. The van der Waals surface area contributed by atoms with Crippen LogP contribution in [0.3, 0.4) is 0 Å². The molecule has 0 amide bonds. The minimum atomic E-state index is -2.58. The molecule has 120 valence electrons. The summed E-state index contributed by atoms with van der Waals surface area (Å²) in [5.74, 6) is 0.290. The summed E-state index contributed by atoms with van der Waals surface area (Å²) in [7, 11) is -5.14. The third kappa shape index (κ3) is 2.11. The standard InChI is InChI=1S/C18H15N3O3/c1-23-12-5-3-11(4-6-12)21-18(22)15-10-19-16-9-13(24-2)7-8-14(16)17(15)20-21/h3-10,20H,1-2H3/i1D3,2D3. The van der Waals surface area contributed by atoms with Crippen LogP contribution in [-0.4, -0.2) is 28.8 Å². The van der Waals surface area contributed by atoms with Crippen molar-refractivity contribution in [2.24, 2.45) is 0 Å². The fourth-order valence-corrected chi connectivity index (χ4v) is 2.65. The fourth-order valence-electron chi connectivity index (χ4n) is 2.65. The van der Waals surface area contributed by atoms with Crippen molar-refractivity contribution in [3.63, 3.8) is 0 Å². The van der Waals surface area contributed by atoms with Crippen molar-refractivity contribution in [3.05, 3.63) is 59.0 Å². The Bertz CT molecular complexity index is 1290. The molecule has 6 heteroatoms. The Balaban J connectivity index is 1.76. The molecular formula is C18H15N3O3. The summed E-state index contributed by atoms with van der Waals surface area (Å²) < 4.78 is 54.0. The third-order valence-corrected chi connectivity index (χ3v) is 3.83. The van der Waals surface area contributed by atoms with E-state index in [1.807, 2.05) is 0 Å². The van der Waals surface area contributed by atoms with E-state index in [1.54, 1.807) is 18.2 Å². The number of pyridine rings is 1. The summed E-state index contributed by atoms with van der Waals surface area (Å²) in [6.07, 6.45) is 1.40. The van der Waals surface area contributed by atoms with Crippen molar-refractivity contribution < 1.29 is 17.7 Å². The Kier molecular flexibility index (Phi) is 2.06. The normalized spacial score (nSPS) is 15.8. The van der Waals surface area contributed by atoms with Crippen molar-refractivity contribution in [1.82, 2.24) is 14.8 Å². The number of aromatic nitrogens is 3. The van der Waals surface area contributed by atoms with Gasteiger partial charge in [0.2, 0.25) is 0 Å². The molecule has 0 bridgehead atoms. The molecule has 2 aromatic heterocycles. The molecule has 0 aliphatic heterocycles. The van der Waals surface area contributed by atoms with E-state index in [0.717, 1.165) is 0 Å². The van der Waals surface area contributed by atoms with Gasteiger partial charge in [-0.25, -0.2) is 4.68 Å². The first-order valence-corrected chi connectivity index (χ1v) is 7.02. The second-order valence-electron chi connectivity index (χ2n) is 5.18. The van der Waals surface area contributed by atoms with Crippen molar-refractivity contribution in [1.29, 1.82) is 0 Å². The highest BCUT2D eigenvalue weighted by atomic mass is 16.5. The van der Waals surface area contributed by atoms with Gasteiger partial charge in [-0.1, -0.05) is 0 Å². The molecule has 0 aliphatic carbocycles. The van der Waals surface area contributed by atoms with Gasteiger partial charge >= 0.3 is 0 Å². The number of fused-ring (bicyclic) bond motifs is 3. The zero-order valence-electron chi connectivity index (χ0n) is 18.2. The minimum absolute atomic E-state index is 0.140. The highest BCUT2D eigenvalue weighted by Gasteiger charge is 2.12. The number of rotatable bonds is 3. The second-order valence-corrected chi connectivity index (χ2v) is 5.18. The monoisotopic (exact) mass is 327 g/mol. The van der Waals surface area contributed by atoms with E-state index in [2.05, 4.69) is 10.1 Å². The van der Waals surface area contributed by atoms with Crippen LogP contribution >= 0.6 is 0 Å². The number of nitrogens with one attached hydrogen (secondary N) is 1. The van der Waals surface area contributed by atoms with Crippen molar-refractivity contribution in [3.8, 4) is 17.2 Å². The van der Waals surface area contributed by atoms with E-state index >= 15 is 0 Å². The lowest BCUT2D eigenvalue weighted by atomic mass is 10.1. The smallest absolute Gasteiger partial charge is 0.280 e. The molecule has 0 unspecified atom stereocenters. The minimum Gasteiger partial charge on any atom is -0.497 e. The fraction of sp³-hybridized carbons (Fsp3) is 0.111. The average Bonchev–Trinajstić information content (AvgIpc) is 2.96. The Morgan fingerprint density at radius 3 is 2.58 bits per heavy atom. The van der Waals surface area contributed by atoms with Crippen LogP contribution in [0.4, 0.5) is 0 Å². The molecule has 1 N–H and O–H groups in total. The first-order chi connectivity index (χ1) is 14.0. The lowest BCUT2D eigenvalue weighted by molar-refractivity contribution is 0.414. The van der Waals surface area contributed by atoms with Crippen LogP contribution in [-0.2, 0) is 0 Å². The van der Waals surface area contributed by atoms with Crippen molar-refractivity contribution in [2.45, 2.75) is 0 Å². The van der Waals surface area contributed by atoms with E-state index in [9.17, 15) is 4.79 Å². The molecule has 6 nitrogen and oxygen atoms in total. The van der Waals surface area contributed by atoms with Gasteiger partial charge in [0.1, 0.15) is 11.5 Å². The molecule has 24 heavy (non-hydrogen) atoms. The van der Waals surface area contributed by atoms with Crippen LogP contribution in [0.5, 0.6) is 11.5 Å². The SMILES string of the molecule is [2H]C([2H])([2H])Oc1ccc(-n2[nH]c3c(cnc4cc(OC([2H])([2H])[2H])ccc43)c2=O)cc1. The number of H-pyrrole nitrogens is 1. The number of hydrogen-bond acceptors (Lipinski definition) is 4. The maximum absolute atomic E-state index is 12.8. The Hall–Kier alpha value is -3.28. The zero-order valence-corrected chi connectivity index (χ0v) is 12.2. The molecule has 0 radical (unpaired) electrons. The highest BCUT2D eigenvalue weighted by molar-refractivity contribution is 6.03. The first kappa shape index (κ1) is 9.12. The topological polar surface area (TPSA) is 69.1 Å². The quantitative estimate of drug-likeness (QED) is 0.628. The van der Waals surface area contributed by atoms with Gasteiger partial charge in [0.05, 0.1) is 44.4 Å². The zero-order chi connectivity index (χ0) is 21.7. The predicted molar refractivity (Wildman–Crippen MR) is 92.3 cm³/mol. The number of benzene rings is 2. The Morgan fingerprint density at radius 2 is 1.79 bits per heavy atom. The van der Waals surface area contributed by atoms with Crippen molar-refractivity contribution >= 4 is 21.8 Å². The lowest BCUT2D eigenvalue weighted by Crippen LogP contribution is -2.14. The summed E-state index contributed by atoms with van der Waals surface area (Å²) in [6, 6.07) is 10.6. The van der Waals surface area contributed by atoms with E-state index in [1.165, 1.54) is 35.1 Å². The lowest BCUT2D eigenvalue weighted by Gasteiger charge is -2.03. The molecule has 0 aliphatic rings. The Labute approximate surface area is 145 Å². The molecule has 2 aromatic carbocycles. The first-order valence-electron chi connectivity index (χ1n) is 10.0. The van der Waals surface area contributed by atoms with Gasteiger partial charge in [0, 0.05) is 17.6 Å². The average molecular weight is 327 g/mol. The highest BCUT2D eigenvalue weighted by Crippen LogP contribution is 2.24. The van der Waals surface area contributed by atoms with E-state index in [-0.39, 0.29) is 17.1 Å². The number of methoxy groups -OCH3 is 2. The van der Waals surface area contributed by atoms with Crippen LogP contribution in [0, 0.1) is 0 Å². The molecule has 2 heterocycles. The third-order valence-electron chi connectivity index (χ3n) is 3.83. The summed E-state index contributed by atoms with van der Waals surface area (Å²) in [5.41, 5.74) is 1.11. The maximum atomic E-state index is 12.8. The van der Waals surface area contributed by atoms with Gasteiger partial charge < -0.3 is 9.47 Å². The summed E-state index contributed by atoms with van der Waals surface area (Å²) in [4.78, 5) is 17.1. The van der Waals surface area contributed by atoms with Crippen LogP contribution in [0.25, 0.3) is 27.5 Å². The predicted octanol–water partition coefficient (Wildman–Crippen LogP) is 2.88. The van der Waals surface area contributed by atoms with Gasteiger partial charge in [0.15, 0.2) is 0 Å². The molecular weight excluding hydrogens is 306 g/mol. The van der Waals surface area contributed by atoms with Gasteiger partial charge in [-0.3, -0.25) is 14.9 Å². The van der Waals surface area contributed by atoms with E-state index in [4.69, 9.17) is 17.7 Å². The largest absolute Gasteiger partial charge is 0.497 e. The van der Waals surface area contributed by atoms with Crippen molar-refractivity contribution in [2.75, 3.05) is 14.1 Å². The molecule has 0 atom stereocenters. The number of hydrogen-bond donors (Lipinski definition) is 1. The van der Waals surface area contributed by atoms with Gasteiger partial charge in [-0.15, -0.1) is 0 Å². The second kappa shape index (κ2) is 5.42. The number of ether oxygens (including phenoxy) is 2. The molecule has 0 saturated carbocycles. The summed E-state index contributed by atoms with van der Waals surface area (Å²) in [6.45, 7) is 0. The van der Waals surface area contributed by atoms with Crippen LogP contribution in [0.2, 0.25) is 0 Å². The van der Waals surface area contributed by atoms with E-state index in [0.29, 0.717) is 27.5 Å². The molecule has 4 aromatic rings. The van der Waals surface area contributed by atoms with E-state index < -0.39 is 14.1 Å². The van der Waals surface area contributed by atoms with Gasteiger partial charge in [0.25, 0.3) is 5.56 Å². The van der Waals surface area contributed by atoms with Crippen LogP contribution in [0.15, 0.2) is 53.5 Å². The van der Waals surface area contributed by atoms with Gasteiger partial charge in [-0.05, 0) is 36.4 Å². The van der Waals surface area contributed by atoms with Crippen LogP contribution in [0.1, 0.15) is 8.22 Å². The van der Waals surface area contributed by atoms with Crippen LogP contribution < -0.4 is 15.0 Å². The molecule has 0 saturated heterocycles. The maximum Gasteiger partial charge on any atom is 0.280 e.